The molecule has 7 aliphatic rings. The Kier molecular flexibility index (Phi) is 66.2. The smallest absolute Gasteiger partial charge is 0.492 e. The molecule has 0 saturated carbocycles. The molecule has 3 aromatic rings. The third kappa shape index (κ3) is 43.7. The van der Waals surface area contributed by atoms with Gasteiger partial charge in [0.1, 0.15) is 53.0 Å². The summed E-state index contributed by atoms with van der Waals surface area (Å²) < 4.78 is 28.7. The number of hydrogen-bond donors (Lipinski definition) is 4. The topological polar surface area (TPSA) is 456 Å². The normalized spacial score (nSPS) is 19.6. The summed E-state index contributed by atoms with van der Waals surface area (Å²) in [5.74, 6) is -2.00. The Hall–Kier alpha value is -6.88. The first-order chi connectivity index (χ1) is 56.4. The molecule has 48 heteroatoms. The minimum absolute atomic E-state index is 0. The first-order valence-corrected chi connectivity index (χ1v) is 38.3. The molecule has 702 valence electrons. The number of nitrogens with zero attached hydrogens (tertiary/aromatic N) is 12. The average Bonchev–Trinajstić information content (AvgIpc) is 1.17. The van der Waals surface area contributed by atoms with Crippen molar-refractivity contribution in [3.63, 3.8) is 0 Å². The second-order valence-corrected chi connectivity index (χ2v) is 28.4. The van der Waals surface area contributed by atoms with Gasteiger partial charge in [-0.1, -0.05) is 36.4 Å². The van der Waals surface area contributed by atoms with Crippen LogP contribution in [0.1, 0.15) is 72.6 Å². The Morgan fingerprint density at radius 3 is 1.54 bits per heavy atom. The van der Waals surface area contributed by atoms with Crippen molar-refractivity contribution in [1.82, 2.24) is 59.6 Å². The van der Waals surface area contributed by atoms with Crippen LogP contribution >= 0.6 is 36.4 Å². The Morgan fingerprint density at radius 2 is 1.02 bits per heavy atom. The van der Waals surface area contributed by atoms with Crippen LogP contribution in [0.4, 0.5) is 21.9 Å². The molecule has 124 heavy (non-hydrogen) atoms. The van der Waals surface area contributed by atoms with Gasteiger partial charge >= 0.3 is 65.5 Å². The average molecular weight is 1930 g/mol. The summed E-state index contributed by atoms with van der Waals surface area (Å²) in [5, 5.41) is 36.6. The molecule has 10 rings (SSSR count). The van der Waals surface area contributed by atoms with Gasteiger partial charge in [0.15, 0.2) is 0 Å². The zero-order valence-corrected chi connectivity index (χ0v) is 80.6. The Labute approximate surface area is 780 Å². The number of rotatable bonds is 18. The number of likely N-dealkylation sites (N-methyl/N-ethyl adjacent to an activating group) is 7. The fourth-order valence-electron chi connectivity index (χ4n) is 11.8. The Balaban J connectivity index is -0.000000666. The number of aliphatic hydroxyl groups is 1. The molecule has 0 aromatic heterocycles. The molecule has 4 amide bonds. The van der Waals surface area contributed by atoms with E-state index in [1.807, 2.05) is 102 Å². The van der Waals surface area contributed by atoms with Crippen molar-refractivity contribution in [1.29, 1.82) is 0 Å². The summed E-state index contributed by atoms with van der Waals surface area (Å²) in [6, 6.07) is 16.5. The number of aliphatic hydroxyl groups excluding tert-OH is 1. The summed E-state index contributed by atoms with van der Waals surface area (Å²) in [7, 11) is 22.3. The number of anilines is 1. The predicted octanol–water partition coefficient (Wildman–Crippen LogP) is -0.211. The van der Waals surface area contributed by atoms with Crippen LogP contribution in [0.3, 0.4) is 0 Å². The van der Waals surface area contributed by atoms with E-state index < -0.39 is 50.9 Å². The number of para-hydroxylation sites is 3. The molecule has 7 heterocycles. The molecule has 7 atom stereocenters. The molecule has 42 nitrogen and oxygen atoms in total. The van der Waals surface area contributed by atoms with Gasteiger partial charge in [-0.3, -0.25) is 83.1 Å². The van der Waals surface area contributed by atoms with Gasteiger partial charge in [-0.05, 0) is 127 Å². The van der Waals surface area contributed by atoms with Gasteiger partial charge in [0.2, 0.25) is 12.2 Å². The van der Waals surface area contributed by atoms with E-state index in [1.54, 1.807) is 48.8 Å². The number of ether oxygens (including phenoxy) is 6. The van der Waals surface area contributed by atoms with E-state index in [9.17, 15) is 68.2 Å². The standard InChI is InChI=1S/C14H17N3O5.C13H15N3O2.C12H22N2O4.C8H16N2O2.C7H4ClNO3.2C7H14N2O2.C6H14BO6.CH4O.CH3.2ClH.Na.Pd/c1-15-7-8-16(12(9-15)14(19)22-2)13(18)10-5-3-4-6-11(10)17(20)21;1-15-6-7-16-11(8-15)12(17)14-10-5-3-2-4-9(10)13(16)18;1-12(2,3)18-11(16)14-7-6-13(4)9(8-14)10(15)17-5;1-9-4-5-10(2)7(6-9)8(11)12-3;8-7(10)5-3-1-2-4-6(5)9(11)12;1-9-4-3-8-6(5-9)7(10)11-2;1-9-4-3-8-5-6(9)7(10)11-2;1-4-8-10-6(3)11-13-7-12-9-5-2;1-2;;;;;/h3-6,12H,7-9H2,1-2H3;2-5,11H,6-8H2,1H3,(H,14,17);9H,6-8H2,1-5H3;7H,4-6H2,1-3H3;1-4H;2*6,8H,3-5H2,1-2H3;6H,4-5H2,1-3H3;2H,1H3;1H3;2*1H;;/q;;;;;;;-1;;-1;;;+1;. The van der Waals surface area contributed by atoms with Crippen molar-refractivity contribution in [3.8, 4) is 0 Å². The molecule has 7 unspecified atom stereocenters. The number of amides is 4. The monoisotopic (exact) mass is 1920 g/mol. The first-order valence-electron chi connectivity index (χ1n) is 37.9. The van der Waals surface area contributed by atoms with Crippen molar-refractivity contribution in [3.05, 3.63) is 117 Å². The Bertz CT molecular complexity index is 3670. The minimum Gasteiger partial charge on any atom is -0.492 e. The van der Waals surface area contributed by atoms with E-state index in [1.165, 1.54) is 82.9 Å². The molecule has 0 spiro atoms. The predicted molar refractivity (Wildman–Crippen MR) is 455 cm³/mol. The van der Waals surface area contributed by atoms with Crippen molar-refractivity contribution in [2.75, 3.05) is 228 Å². The minimum atomic E-state index is -0.817. The van der Waals surface area contributed by atoms with E-state index in [4.69, 9.17) is 35.7 Å². The van der Waals surface area contributed by atoms with E-state index >= 15 is 0 Å². The van der Waals surface area contributed by atoms with Crippen LogP contribution in [0.25, 0.3) is 0 Å². The maximum absolute atomic E-state index is 12.7. The largest absolute Gasteiger partial charge is 1.00 e. The number of nitro groups is 2. The summed E-state index contributed by atoms with van der Waals surface area (Å²) in [4.78, 5) is 183. The third-order valence-corrected chi connectivity index (χ3v) is 18.4. The molecule has 7 aliphatic heterocycles. The van der Waals surface area contributed by atoms with E-state index in [0.717, 1.165) is 73.7 Å². The number of benzene rings is 3. The number of halogens is 3. The van der Waals surface area contributed by atoms with Gasteiger partial charge in [0.25, 0.3) is 28.4 Å². The van der Waals surface area contributed by atoms with E-state index in [2.05, 4.69) is 69.3 Å². The zero-order chi connectivity index (χ0) is 89.6. The van der Waals surface area contributed by atoms with Crippen molar-refractivity contribution in [2.24, 2.45) is 0 Å². The second-order valence-electron chi connectivity index (χ2n) is 28.0. The van der Waals surface area contributed by atoms with Gasteiger partial charge in [0, 0.05) is 151 Å². The van der Waals surface area contributed by atoms with Crippen molar-refractivity contribution >= 4 is 120 Å². The van der Waals surface area contributed by atoms with Gasteiger partial charge in [0.05, 0.1) is 84.1 Å². The molecule has 2 radical (unpaired) electrons. The van der Waals surface area contributed by atoms with Gasteiger partial charge in [-0.2, -0.15) is 0 Å². The van der Waals surface area contributed by atoms with Crippen molar-refractivity contribution < 1.29 is 170 Å². The fourth-order valence-corrected chi connectivity index (χ4v) is 11.9. The second kappa shape index (κ2) is 66.5. The molecule has 0 aliphatic carbocycles. The molecular formula is C76H125BCl3N15NaO27Pd-. The third-order valence-electron chi connectivity index (χ3n) is 18.2. The first kappa shape index (κ1) is 123. The van der Waals surface area contributed by atoms with Crippen LogP contribution in [-0.4, -0.2) is 402 Å². The molecule has 0 bridgehead atoms. The molecule has 3 aromatic carbocycles. The van der Waals surface area contributed by atoms with E-state index in [-0.39, 0.29) is 171 Å². The van der Waals surface area contributed by atoms with Crippen LogP contribution < -0.4 is 45.5 Å². The maximum atomic E-state index is 12.7. The van der Waals surface area contributed by atoms with Crippen LogP contribution in [0.2, 0.25) is 0 Å². The van der Waals surface area contributed by atoms with Crippen LogP contribution in [0.15, 0.2) is 72.8 Å². The summed E-state index contributed by atoms with van der Waals surface area (Å²) in [5.41, 5.74) is 0.0337. The quantitative estimate of drug-likeness (QED) is 0.0122. The number of piperazine rings is 6. The Morgan fingerprint density at radius 1 is 0.565 bits per heavy atom. The number of carbonyl (C=O) groups excluding carboxylic acids is 10. The number of methoxy groups -OCH3 is 5. The number of carbonyl (C=O) groups is 10. The van der Waals surface area contributed by atoms with Gasteiger partial charge in [-0.15, -0.1) is 24.8 Å². The number of esters is 5. The summed E-state index contributed by atoms with van der Waals surface area (Å²) in [6.45, 7) is 24.0. The number of hydrogen-bond acceptors (Lipinski definition) is 36. The number of nitro benzene ring substituents is 2. The van der Waals surface area contributed by atoms with E-state index in [0.29, 0.717) is 83.4 Å². The van der Waals surface area contributed by atoms with Crippen molar-refractivity contribution in [2.45, 2.75) is 89.7 Å². The van der Waals surface area contributed by atoms with Crippen LogP contribution in [-0.2, 0) is 107 Å². The fraction of sp³-hybridized carbons (Fsp3) is 0.618. The SMILES string of the molecule is CCOO[B-]OOC(C)OOCC.CN1CCN2C(=O)c3ccccc3NC(=O)C2C1.CO.COC(=O)C1CN(C(=O)OC(C)(C)C)CCN1C.COC(=O)C1CN(C)CCN1.COC(=O)C1CN(C)CCN1C.COC(=O)C1CN(C)CCN1C(=O)c1ccccc1[N+](=O)[O-].COC(=O)C1CNCCN1C.Cl.Cl.O=C(Cl)c1ccccc1[N+](=O)[O-].[CH3-].[Na+].[Pd]. The summed E-state index contributed by atoms with van der Waals surface area (Å²) in [6.07, 6.45) is -1.02. The number of nitrogens with one attached hydrogen (secondary N) is 3. The molecule has 6 saturated heterocycles. The van der Waals surface area contributed by atoms with Crippen LogP contribution in [0, 0.1) is 27.7 Å². The summed E-state index contributed by atoms with van der Waals surface area (Å²) >= 11 is 5.11. The van der Waals surface area contributed by atoms with Gasteiger partial charge in [-0.25, -0.2) is 19.4 Å². The molecule has 4 N–H and O–H groups in total. The molecule has 6 fully saturated rings. The molecular weight excluding hydrogens is 1800 g/mol. The maximum Gasteiger partial charge on any atom is 1.00 e. The van der Waals surface area contributed by atoms with Gasteiger partial charge < -0.3 is 101 Å². The zero-order valence-electron chi connectivity index (χ0n) is 74.6. The van der Waals surface area contributed by atoms with Crippen LogP contribution in [0.5, 0.6) is 0 Å². The number of fused-ring (bicyclic) bond motifs is 2.